The Hall–Kier alpha value is -1.95. The Morgan fingerprint density at radius 1 is 1.22 bits per heavy atom. The molecule has 0 saturated carbocycles. The summed E-state index contributed by atoms with van der Waals surface area (Å²) in [6, 6.07) is 14.6. The van der Waals surface area contributed by atoms with E-state index in [9.17, 15) is 0 Å². The molecule has 0 aliphatic carbocycles. The van der Waals surface area contributed by atoms with Crippen molar-refractivity contribution in [1.82, 2.24) is 14.9 Å². The number of benzene rings is 1. The van der Waals surface area contributed by atoms with Crippen molar-refractivity contribution in [2.75, 3.05) is 13.1 Å². The molecule has 0 spiro atoms. The number of thiophene rings is 1. The average molecular weight is 324 g/mol. The molecule has 1 aromatic carbocycles. The number of likely N-dealkylation sites (tertiary alicyclic amines) is 1. The summed E-state index contributed by atoms with van der Waals surface area (Å²) in [5.74, 6) is 0.955. The van der Waals surface area contributed by atoms with Gasteiger partial charge >= 0.3 is 0 Å². The van der Waals surface area contributed by atoms with Gasteiger partial charge in [0.15, 0.2) is 0 Å². The molecular weight excluding hydrogens is 304 g/mol. The predicted octanol–water partition coefficient (Wildman–Crippen LogP) is 3.20. The molecule has 1 aliphatic rings. The van der Waals surface area contributed by atoms with Crippen LogP contribution in [-0.2, 0) is 12.1 Å². The minimum atomic E-state index is -0.238. The normalized spacial score (nSPS) is 21.8. The number of aromatic amines is 1. The number of H-pyrrole nitrogens is 1. The molecule has 23 heavy (non-hydrogen) atoms. The zero-order chi connectivity index (χ0) is 15.7. The van der Waals surface area contributed by atoms with Crippen molar-refractivity contribution in [1.29, 1.82) is 0 Å². The third-order valence-electron chi connectivity index (χ3n) is 4.51. The highest BCUT2D eigenvalue weighted by Gasteiger charge is 2.35. The van der Waals surface area contributed by atoms with Gasteiger partial charge in [0, 0.05) is 31.5 Å². The molecule has 5 heteroatoms. The Bertz CT molecular complexity index is 765. The van der Waals surface area contributed by atoms with Crippen LogP contribution < -0.4 is 5.73 Å². The van der Waals surface area contributed by atoms with E-state index in [1.54, 1.807) is 11.3 Å². The van der Waals surface area contributed by atoms with Crippen LogP contribution in [0.15, 0.2) is 54.0 Å². The molecule has 1 aliphatic heterocycles. The highest BCUT2D eigenvalue weighted by Crippen LogP contribution is 2.30. The van der Waals surface area contributed by atoms with E-state index < -0.39 is 0 Å². The molecule has 0 radical (unpaired) electrons. The van der Waals surface area contributed by atoms with E-state index >= 15 is 0 Å². The fourth-order valence-electron chi connectivity index (χ4n) is 3.27. The van der Waals surface area contributed by atoms with Crippen LogP contribution >= 0.6 is 11.3 Å². The molecule has 2 aromatic heterocycles. The Labute approximate surface area is 140 Å². The lowest BCUT2D eigenvalue weighted by molar-refractivity contribution is 0.302. The Morgan fingerprint density at radius 3 is 2.87 bits per heavy atom. The number of nitrogens with zero attached hydrogens (tertiary/aromatic N) is 2. The summed E-state index contributed by atoms with van der Waals surface area (Å²) in [5.41, 5.74) is 8.78. The second kappa shape index (κ2) is 5.92. The highest BCUT2D eigenvalue weighted by atomic mass is 32.1. The minimum Gasteiger partial charge on any atom is -0.340 e. The van der Waals surface area contributed by atoms with Gasteiger partial charge < -0.3 is 10.7 Å². The summed E-state index contributed by atoms with van der Waals surface area (Å²) in [4.78, 5) is 11.5. The first-order chi connectivity index (χ1) is 11.2. The summed E-state index contributed by atoms with van der Waals surface area (Å²) in [5, 5.41) is 2.07. The van der Waals surface area contributed by atoms with Crippen LogP contribution in [0.2, 0.25) is 0 Å². The lowest BCUT2D eigenvalue weighted by Crippen LogP contribution is -2.39. The van der Waals surface area contributed by atoms with Crippen LogP contribution in [0, 0.1) is 0 Å². The van der Waals surface area contributed by atoms with Gasteiger partial charge in [-0.3, -0.25) is 4.90 Å². The number of rotatable bonds is 4. The van der Waals surface area contributed by atoms with Crippen LogP contribution in [0.3, 0.4) is 0 Å². The Kier molecular flexibility index (Phi) is 3.77. The molecule has 4 rings (SSSR count). The maximum atomic E-state index is 6.64. The highest BCUT2D eigenvalue weighted by molar-refractivity contribution is 7.13. The number of nitrogens with two attached hydrogens (primary N) is 1. The van der Waals surface area contributed by atoms with E-state index in [2.05, 4.69) is 50.6 Å². The minimum absolute atomic E-state index is 0.238. The number of nitrogens with one attached hydrogen (secondary N) is 1. The second-order valence-corrected chi connectivity index (χ2v) is 7.16. The maximum Gasteiger partial charge on any atom is 0.147 e. The second-order valence-electron chi connectivity index (χ2n) is 6.22. The third kappa shape index (κ3) is 2.95. The van der Waals surface area contributed by atoms with Gasteiger partial charge in [-0.15, -0.1) is 11.3 Å². The molecule has 3 aromatic rings. The fraction of sp³-hybridized carbons (Fsp3) is 0.278. The van der Waals surface area contributed by atoms with Gasteiger partial charge in [0.1, 0.15) is 5.82 Å². The Balaban J connectivity index is 1.45. The summed E-state index contributed by atoms with van der Waals surface area (Å²) < 4.78 is 0. The molecule has 0 amide bonds. The topological polar surface area (TPSA) is 57.9 Å². The van der Waals surface area contributed by atoms with Crippen LogP contribution in [0.4, 0.5) is 0 Å². The summed E-state index contributed by atoms with van der Waals surface area (Å²) >= 11 is 1.70. The number of hydrogen-bond acceptors (Lipinski definition) is 4. The van der Waals surface area contributed by atoms with Gasteiger partial charge in [-0.2, -0.15) is 0 Å². The zero-order valence-corrected chi connectivity index (χ0v) is 13.7. The fourth-order valence-corrected chi connectivity index (χ4v) is 3.95. The van der Waals surface area contributed by atoms with E-state index in [-0.39, 0.29) is 5.54 Å². The smallest absolute Gasteiger partial charge is 0.147 e. The van der Waals surface area contributed by atoms with Gasteiger partial charge in [-0.25, -0.2) is 4.98 Å². The maximum absolute atomic E-state index is 6.64. The number of imidazole rings is 1. The van der Waals surface area contributed by atoms with Crippen molar-refractivity contribution in [3.8, 4) is 10.7 Å². The molecule has 118 valence electrons. The van der Waals surface area contributed by atoms with Crippen molar-refractivity contribution in [3.05, 3.63) is 65.3 Å². The van der Waals surface area contributed by atoms with Gasteiger partial charge in [0.05, 0.1) is 10.4 Å². The van der Waals surface area contributed by atoms with E-state index in [1.165, 1.54) is 10.4 Å². The lowest BCUT2D eigenvalue weighted by Gasteiger charge is -2.25. The molecule has 1 unspecified atom stereocenters. The number of hydrogen-bond donors (Lipinski definition) is 2. The van der Waals surface area contributed by atoms with E-state index in [1.807, 2.05) is 18.3 Å². The van der Waals surface area contributed by atoms with E-state index in [4.69, 9.17) is 5.73 Å². The molecule has 4 nitrogen and oxygen atoms in total. The van der Waals surface area contributed by atoms with Crippen molar-refractivity contribution in [2.45, 2.75) is 18.5 Å². The molecule has 1 fully saturated rings. The molecule has 3 heterocycles. The van der Waals surface area contributed by atoms with Crippen LogP contribution in [0.1, 0.15) is 17.7 Å². The molecule has 1 atom stereocenters. The molecular formula is C18H20N4S. The van der Waals surface area contributed by atoms with Crippen molar-refractivity contribution < 1.29 is 0 Å². The van der Waals surface area contributed by atoms with Gasteiger partial charge in [0.2, 0.25) is 0 Å². The predicted molar refractivity (Wildman–Crippen MR) is 94.1 cm³/mol. The zero-order valence-electron chi connectivity index (χ0n) is 12.9. The van der Waals surface area contributed by atoms with Crippen molar-refractivity contribution >= 4 is 11.3 Å². The monoisotopic (exact) mass is 324 g/mol. The van der Waals surface area contributed by atoms with Gasteiger partial charge in [-0.1, -0.05) is 36.4 Å². The lowest BCUT2D eigenvalue weighted by atomic mass is 9.90. The summed E-state index contributed by atoms with van der Waals surface area (Å²) in [7, 11) is 0. The van der Waals surface area contributed by atoms with Crippen LogP contribution in [0.5, 0.6) is 0 Å². The van der Waals surface area contributed by atoms with Gasteiger partial charge in [-0.05, 0) is 23.4 Å². The standard InChI is InChI=1S/C18H20N4S/c19-18(14-5-2-1-3-6-14)8-9-22(13-18)12-15-11-20-17(21-15)16-7-4-10-23-16/h1-7,10-11H,8-9,12-13,19H2,(H,20,21). The molecule has 3 N–H and O–H groups in total. The van der Waals surface area contributed by atoms with E-state index in [0.29, 0.717) is 0 Å². The van der Waals surface area contributed by atoms with Crippen molar-refractivity contribution in [3.63, 3.8) is 0 Å². The molecule has 1 saturated heterocycles. The van der Waals surface area contributed by atoms with Crippen LogP contribution in [-0.4, -0.2) is 28.0 Å². The van der Waals surface area contributed by atoms with Gasteiger partial charge in [0.25, 0.3) is 0 Å². The SMILES string of the molecule is NC1(c2ccccc2)CCN(Cc2cnc(-c3cccs3)[nH]2)C1. The Morgan fingerprint density at radius 2 is 2.09 bits per heavy atom. The quantitative estimate of drug-likeness (QED) is 0.775. The largest absolute Gasteiger partial charge is 0.340 e. The third-order valence-corrected chi connectivity index (χ3v) is 5.38. The number of aromatic nitrogens is 2. The first-order valence-electron chi connectivity index (χ1n) is 7.87. The average Bonchev–Trinajstić information content (AvgIpc) is 3.30. The van der Waals surface area contributed by atoms with E-state index in [0.717, 1.165) is 37.6 Å². The molecule has 0 bridgehead atoms. The van der Waals surface area contributed by atoms with Crippen LogP contribution in [0.25, 0.3) is 10.7 Å². The first-order valence-corrected chi connectivity index (χ1v) is 8.75. The first kappa shape index (κ1) is 14.6. The summed E-state index contributed by atoms with van der Waals surface area (Å²) in [6.45, 7) is 2.76. The summed E-state index contributed by atoms with van der Waals surface area (Å²) in [6.07, 6.45) is 2.93. The van der Waals surface area contributed by atoms with Crippen molar-refractivity contribution in [2.24, 2.45) is 5.73 Å².